The van der Waals surface area contributed by atoms with Crippen LogP contribution >= 0.6 is 0 Å². The number of hydrogen-bond donors (Lipinski definition) is 1. The molecule has 1 fully saturated rings. The summed E-state index contributed by atoms with van der Waals surface area (Å²) in [6, 6.07) is 27.8. The molecule has 5 heteroatoms. The van der Waals surface area contributed by atoms with Gasteiger partial charge >= 0.3 is 6.09 Å². The third kappa shape index (κ3) is 5.99. The lowest BCUT2D eigenvalue weighted by molar-refractivity contribution is 0.0265. The zero-order valence-electron chi connectivity index (χ0n) is 22.6. The van der Waals surface area contributed by atoms with Crippen molar-refractivity contribution in [3.63, 3.8) is 0 Å². The molecule has 0 aromatic heterocycles. The highest BCUT2D eigenvalue weighted by Crippen LogP contribution is 2.33. The fourth-order valence-corrected chi connectivity index (χ4v) is 5.41. The third-order valence-electron chi connectivity index (χ3n) is 7.33. The second-order valence-corrected chi connectivity index (χ2v) is 11.3. The quantitative estimate of drug-likeness (QED) is 0.358. The molecule has 1 saturated heterocycles. The van der Waals surface area contributed by atoms with Crippen molar-refractivity contribution in [3.05, 3.63) is 107 Å². The molecule has 1 amide bonds. The molecule has 5 rings (SSSR count). The molecule has 3 aromatic carbocycles. The number of benzene rings is 3. The second-order valence-electron chi connectivity index (χ2n) is 11.3. The molecule has 3 aromatic rings. The Morgan fingerprint density at radius 2 is 1.68 bits per heavy atom. The summed E-state index contributed by atoms with van der Waals surface area (Å²) >= 11 is 0. The van der Waals surface area contributed by atoms with Gasteiger partial charge in [0.1, 0.15) is 5.60 Å². The first-order valence-electron chi connectivity index (χ1n) is 13.5. The molecule has 38 heavy (non-hydrogen) atoms. The summed E-state index contributed by atoms with van der Waals surface area (Å²) in [5, 5.41) is 0. The van der Waals surface area contributed by atoms with Crippen molar-refractivity contribution in [2.24, 2.45) is 4.99 Å². The molecule has 2 N–H and O–H groups in total. The van der Waals surface area contributed by atoms with E-state index in [4.69, 9.17) is 15.5 Å². The number of allylic oxidation sites excluding steroid dienone is 1. The Morgan fingerprint density at radius 3 is 2.37 bits per heavy atom. The highest BCUT2D eigenvalue weighted by molar-refractivity contribution is 6.02. The number of rotatable bonds is 6. The number of amides is 1. The van der Waals surface area contributed by atoms with E-state index in [2.05, 4.69) is 66.7 Å². The minimum atomic E-state index is -0.502. The summed E-state index contributed by atoms with van der Waals surface area (Å²) in [7, 11) is 0. The first kappa shape index (κ1) is 25.8. The molecule has 5 nitrogen and oxygen atoms in total. The van der Waals surface area contributed by atoms with E-state index in [0.717, 1.165) is 43.6 Å². The lowest BCUT2D eigenvalue weighted by atomic mass is 9.85. The van der Waals surface area contributed by atoms with Gasteiger partial charge in [0.15, 0.2) is 0 Å². The van der Waals surface area contributed by atoms with Gasteiger partial charge < -0.3 is 10.5 Å². The Balaban J connectivity index is 1.29. The van der Waals surface area contributed by atoms with E-state index in [1.807, 2.05) is 44.0 Å². The van der Waals surface area contributed by atoms with Gasteiger partial charge in [0.05, 0.1) is 6.04 Å². The highest BCUT2D eigenvalue weighted by Gasteiger charge is 2.36. The Hall–Kier alpha value is -3.86. The van der Waals surface area contributed by atoms with Gasteiger partial charge in [0, 0.05) is 36.5 Å². The number of hydrogen-bond acceptors (Lipinski definition) is 4. The van der Waals surface area contributed by atoms with E-state index >= 15 is 0 Å². The van der Waals surface area contributed by atoms with Crippen LogP contribution in [0.3, 0.4) is 0 Å². The zero-order chi connectivity index (χ0) is 26.7. The minimum Gasteiger partial charge on any atom is -0.444 e. The van der Waals surface area contributed by atoms with Crippen molar-refractivity contribution in [3.8, 4) is 0 Å². The maximum atomic E-state index is 12.8. The fourth-order valence-electron chi connectivity index (χ4n) is 5.41. The third-order valence-corrected chi connectivity index (χ3v) is 7.33. The Bertz CT molecular complexity index is 1320. The average Bonchev–Trinajstić information content (AvgIpc) is 3.58. The molecule has 0 spiro atoms. The lowest BCUT2D eigenvalue weighted by Gasteiger charge is -2.28. The van der Waals surface area contributed by atoms with E-state index in [1.165, 1.54) is 27.8 Å². The molecule has 2 atom stereocenters. The molecular formula is C33H37N3O2. The zero-order valence-corrected chi connectivity index (χ0v) is 22.6. The molecule has 0 radical (unpaired) electrons. The van der Waals surface area contributed by atoms with Gasteiger partial charge in [-0.2, -0.15) is 0 Å². The maximum absolute atomic E-state index is 12.8. The van der Waals surface area contributed by atoms with Crippen LogP contribution in [0.2, 0.25) is 0 Å². The van der Waals surface area contributed by atoms with E-state index in [-0.39, 0.29) is 18.1 Å². The van der Waals surface area contributed by atoms with Crippen LogP contribution in [0.5, 0.6) is 0 Å². The number of carbonyl (C=O) groups is 1. The van der Waals surface area contributed by atoms with E-state index in [1.54, 1.807) is 0 Å². The van der Waals surface area contributed by atoms with Gasteiger partial charge in [-0.1, -0.05) is 66.7 Å². The van der Waals surface area contributed by atoms with E-state index < -0.39 is 5.60 Å². The summed E-state index contributed by atoms with van der Waals surface area (Å²) < 4.78 is 5.65. The molecule has 0 bridgehead atoms. The molecule has 1 unspecified atom stereocenters. The van der Waals surface area contributed by atoms with Gasteiger partial charge in [-0.05, 0) is 80.0 Å². The van der Waals surface area contributed by atoms with Crippen LogP contribution in [-0.4, -0.2) is 34.9 Å². The predicted molar refractivity (Wildman–Crippen MR) is 155 cm³/mol. The Labute approximate surface area is 226 Å². The summed E-state index contributed by atoms with van der Waals surface area (Å²) in [6.45, 7) is 6.44. The summed E-state index contributed by atoms with van der Waals surface area (Å²) in [4.78, 5) is 19.4. The Kier molecular flexibility index (Phi) is 7.37. The molecule has 0 aliphatic carbocycles. The standard InChI is InChI=1S/C33H37N3O2/c1-33(2,3)38-32(37)36-19-7-10-31(36)30-21-27(22-35-30)24-13-15-26(16-14-24)29(25-8-5-4-6-9-25)20-23-11-17-28(34)18-12-23/h4-6,8-9,11-18,22,29,31H,7,10,19-21,34H2,1-3H3/t29?,31-/m0/s1. The molecule has 196 valence electrons. The number of nitrogens with zero attached hydrogens (tertiary/aromatic N) is 2. The first-order chi connectivity index (χ1) is 18.3. The van der Waals surface area contributed by atoms with Crippen LogP contribution in [0.25, 0.3) is 5.57 Å². The van der Waals surface area contributed by atoms with Crippen LogP contribution in [0.15, 0.2) is 90.1 Å². The monoisotopic (exact) mass is 507 g/mol. The number of aliphatic imine (C=N–C) groups is 1. The van der Waals surface area contributed by atoms with Crippen molar-refractivity contribution in [2.75, 3.05) is 12.3 Å². The number of likely N-dealkylation sites (tertiary alicyclic amines) is 1. The van der Waals surface area contributed by atoms with Crippen LogP contribution < -0.4 is 5.73 Å². The summed E-state index contributed by atoms with van der Waals surface area (Å²) in [5.41, 5.74) is 13.5. The average molecular weight is 508 g/mol. The van der Waals surface area contributed by atoms with Crippen LogP contribution in [-0.2, 0) is 11.2 Å². The summed E-state index contributed by atoms with van der Waals surface area (Å²) in [6.07, 6.45) is 5.30. The Morgan fingerprint density at radius 1 is 1.00 bits per heavy atom. The van der Waals surface area contributed by atoms with Crippen molar-refractivity contribution in [1.29, 1.82) is 0 Å². The van der Waals surface area contributed by atoms with Crippen molar-refractivity contribution >= 4 is 23.1 Å². The topological polar surface area (TPSA) is 67.9 Å². The molecule has 0 saturated carbocycles. The lowest BCUT2D eigenvalue weighted by Crippen LogP contribution is -2.43. The largest absolute Gasteiger partial charge is 0.444 e. The molecular weight excluding hydrogens is 470 g/mol. The molecule has 2 aliphatic heterocycles. The van der Waals surface area contributed by atoms with Gasteiger partial charge in [0.2, 0.25) is 0 Å². The molecule has 2 heterocycles. The number of nitrogen functional groups attached to an aromatic ring is 1. The number of nitrogens with two attached hydrogens (primary N) is 1. The SMILES string of the molecule is CC(C)(C)OC(=O)N1CCC[C@H]1C1=NC=C(c2ccc(C(Cc3ccc(N)cc3)c3ccccc3)cc2)C1. The minimum absolute atomic E-state index is 0.0141. The van der Waals surface area contributed by atoms with Gasteiger partial charge in [-0.15, -0.1) is 0 Å². The number of carbonyl (C=O) groups excluding carboxylic acids is 1. The fraction of sp³-hybridized carbons (Fsp3) is 0.333. The predicted octanol–water partition coefficient (Wildman–Crippen LogP) is 7.23. The van der Waals surface area contributed by atoms with E-state index in [0.29, 0.717) is 0 Å². The summed E-state index contributed by atoms with van der Waals surface area (Å²) in [5.74, 6) is 0.249. The molecule has 2 aliphatic rings. The highest BCUT2D eigenvalue weighted by atomic mass is 16.6. The number of ether oxygens (including phenoxy) is 1. The van der Waals surface area contributed by atoms with Gasteiger partial charge in [-0.3, -0.25) is 9.89 Å². The van der Waals surface area contributed by atoms with Crippen LogP contribution in [0.4, 0.5) is 10.5 Å². The maximum Gasteiger partial charge on any atom is 0.410 e. The van der Waals surface area contributed by atoms with Gasteiger partial charge in [-0.25, -0.2) is 4.79 Å². The van der Waals surface area contributed by atoms with Crippen molar-refractivity contribution in [2.45, 2.75) is 64.0 Å². The van der Waals surface area contributed by atoms with Gasteiger partial charge in [0.25, 0.3) is 0 Å². The van der Waals surface area contributed by atoms with Crippen molar-refractivity contribution < 1.29 is 9.53 Å². The van der Waals surface area contributed by atoms with Crippen molar-refractivity contribution in [1.82, 2.24) is 4.90 Å². The normalized spacial score (nSPS) is 18.2. The van der Waals surface area contributed by atoms with Crippen LogP contribution in [0.1, 0.15) is 68.2 Å². The number of anilines is 1. The first-order valence-corrected chi connectivity index (χ1v) is 13.5. The second kappa shape index (κ2) is 10.9. The van der Waals surface area contributed by atoms with E-state index in [9.17, 15) is 4.79 Å². The van der Waals surface area contributed by atoms with Crippen LogP contribution in [0, 0.1) is 0 Å². The smallest absolute Gasteiger partial charge is 0.410 e.